The molecule has 0 radical (unpaired) electrons. The van der Waals surface area contributed by atoms with E-state index in [1.54, 1.807) is 4.90 Å². The maximum Gasteiger partial charge on any atom is 0.460 e. The van der Waals surface area contributed by atoms with Crippen LogP contribution in [0.5, 0.6) is 0 Å². The van der Waals surface area contributed by atoms with Crippen molar-refractivity contribution in [3.05, 3.63) is 0 Å². The van der Waals surface area contributed by atoms with Crippen LogP contribution in [0.25, 0.3) is 0 Å². The van der Waals surface area contributed by atoms with E-state index in [4.69, 9.17) is 0 Å². The van der Waals surface area contributed by atoms with Gasteiger partial charge in [-0.3, -0.25) is 9.69 Å². The molecule has 2 fully saturated rings. The van der Waals surface area contributed by atoms with Gasteiger partial charge in [0.15, 0.2) is 0 Å². The minimum Gasteiger partial charge on any atom is -0.334 e. The molecule has 1 amide bonds. The van der Waals surface area contributed by atoms with Crippen molar-refractivity contribution in [2.45, 2.75) is 54.7 Å². The molecule has 0 saturated carbocycles. The van der Waals surface area contributed by atoms with Crippen molar-refractivity contribution in [2.75, 3.05) is 26.2 Å². The van der Waals surface area contributed by atoms with Crippen molar-refractivity contribution in [3.63, 3.8) is 0 Å². The molecular weight excluding hydrogens is 459 g/mol. The fourth-order valence-corrected chi connectivity index (χ4v) is 3.28. The second-order valence-corrected chi connectivity index (χ2v) is 6.95. The van der Waals surface area contributed by atoms with Gasteiger partial charge < -0.3 is 4.90 Å². The fraction of sp³-hybridized carbons (Fsp3) is 0.929. The van der Waals surface area contributed by atoms with Gasteiger partial charge in [-0.25, -0.2) is 0 Å². The van der Waals surface area contributed by atoms with Crippen LogP contribution in [-0.2, 0) is 4.79 Å². The van der Waals surface area contributed by atoms with Crippen molar-refractivity contribution in [1.29, 1.82) is 0 Å². The second-order valence-electron chi connectivity index (χ2n) is 6.95. The molecule has 3 nitrogen and oxygen atoms in total. The monoisotopic (exact) mass is 472 g/mol. The molecule has 30 heavy (non-hydrogen) atoms. The zero-order valence-corrected chi connectivity index (χ0v) is 14.5. The molecule has 0 spiro atoms. The Bertz CT molecular complexity index is 675. The molecule has 2 aliphatic rings. The minimum atomic E-state index is -8.00. The van der Waals surface area contributed by atoms with Gasteiger partial charge in [0.05, 0.1) is 0 Å². The minimum absolute atomic E-state index is 0.0312. The van der Waals surface area contributed by atoms with Crippen molar-refractivity contribution in [3.8, 4) is 0 Å². The Morgan fingerprint density at radius 2 is 1.17 bits per heavy atom. The van der Waals surface area contributed by atoms with Gasteiger partial charge in [0.1, 0.15) is 0 Å². The number of carbonyl (C=O) groups excluding carboxylic acids is 1. The van der Waals surface area contributed by atoms with E-state index in [2.05, 4.69) is 0 Å². The molecule has 0 N–H and O–H groups in total. The summed E-state index contributed by atoms with van der Waals surface area (Å²) in [5.41, 5.74) is 0. The molecule has 2 aliphatic heterocycles. The summed E-state index contributed by atoms with van der Waals surface area (Å²) in [6.45, 7) is -1.03. The molecule has 0 aromatic heterocycles. The fourth-order valence-electron chi connectivity index (χ4n) is 3.28. The lowest BCUT2D eigenvalue weighted by molar-refractivity contribution is -0.436. The van der Waals surface area contributed by atoms with Gasteiger partial charge in [0.2, 0.25) is 0 Å². The van der Waals surface area contributed by atoms with Gasteiger partial charge in [-0.15, -0.1) is 0 Å². The lowest BCUT2D eigenvalue weighted by atomic mass is 9.93. The maximum absolute atomic E-state index is 13.9. The van der Waals surface area contributed by atoms with Gasteiger partial charge in [-0.2, -0.15) is 57.1 Å². The van der Waals surface area contributed by atoms with Crippen molar-refractivity contribution in [2.24, 2.45) is 0 Å². The molecule has 0 aromatic rings. The van der Waals surface area contributed by atoms with Crippen molar-refractivity contribution >= 4 is 5.91 Å². The third kappa shape index (κ3) is 3.28. The first kappa shape index (κ1) is 24.8. The van der Waals surface area contributed by atoms with Crippen LogP contribution in [0, 0.1) is 0 Å². The standard InChI is InChI=1S/C14H13F13N2O/c15-9(16,8(30)29-5-4-28-3-1-2-7(28)6-29)10(17,18)11(19,20)12(21,22)13(23,24)14(25,26)27/h7H,1-6H2/t7-/m1/s1. The molecule has 2 saturated heterocycles. The highest BCUT2D eigenvalue weighted by atomic mass is 19.4. The Labute approximate surface area is 159 Å². The average molecular weight is 472 g/mol. The largest absolute Gasteiger partial charge is 0.460 e. The van der Waals surface area contributed by atoms with E-state index in [1.165, 1.54) is 0 Å². The summed E-state index contributed by atoms with van der Waals surface area (Å²) in [7, 11) is 0. The summed E-state index contributed by atoms with van der Waals surface area (Å²) in [4.78, 5) is 13.4. The summed E-state index contributed by atoms with van der Waals surface area (Å²) in [5, 5.41) is 0. The quantitative estimate of drug-likeness (QED) is 0.565. The van der Waals surface area contributed by atoms with Crippen LogP contribution in [0.4, 0.5) is 57.1 Å². The van der Waals surface area contributed by atoms with Gasteiger partial charge >= 0.3 is 35.8 Å². The highest BCUT2D eigenvalue weighted by Crippen LogP contribution is 2.60. The lowest BCUT2D eigenvalue weighted by Gasteiger charge is -2.42. The van der Waals surface area contributed by atoms with E-state index in [0.29, 0.717) is 19.4 Å². The third-order valence-corrected chi connectivity index (χ3v) is 5.08. The molecule has 16 heteroatoms. The van der Waals surface area contributed by atoms with Crippen LogP contribution in [0.15, 0.2) is 0 Å². The number of fused-ring (bicyclic) bond motifs is 1. The van der Waals surface area contributed by atoms with Crippen LogP contribution in [0.2, 0.25) is 0 Å². The van der Waals surface area contributed by atoms with E-state index in [1.807, 2.05) is 0 Å². The summed E-state index contributed by atoms with van der Waals surface area (Å²) in [6.07, 6.45) is -6.62. The first-order valence-corrected chi connectivity index (χ1v) is 8.22. The Kier molecular flexibility index (Phi) is 5.80. The molecule has 2 rings (SSSR count). The highest BCUT2D eigenvalue weighted by Gasteiger charge is 2.91. The predicted octanol–water partition coefficient (Wildman–Crippen LogP) is 4.03. The van der Waals surface area contributed by atoms with Crippen LogP contribution in [-0.4, -0.2) is 83.7 Å². The molecule has 1 atom stereocenters. The Morgan fingerprint density at radius 1 is 0.667 bits per heavy atom. The molecule has 2 heterocycles. The SMILES string of the molecule is O=C(N1CCN2CCC[C@@H]2C1)C(F)(F)C(F)(F)C(F)(F)C(F)(F)C(F)(F)C(F)(F)F. The van der Waals surface area contributed by atoms with E-state index >= 15 is 0 Å². The summed E-state index contributed by atoms with van der Waals surface area (Å²) < 4.78 is 170. The summed E-state index contributed by atoms with van der Waals surface area (Å²) in [5.74, 6) is -41.1. The smallest absolute Gasteiger partial charge is 0.334 e. The first-order valence-electron chi connectivity index (χ1n) is 8.22. The van der Waals surface area contributed by atoms with Gasteiger partial charge in [0.25, 0.3) is 5.91 Å². The van der Waals surface area contributed by atoms with Crippen LogP contribution < -0.4 is 0 Å². The lowest BCUT2D eigenvalue weighted by Crippen LogP contribution is -2.72. The number of carbonyl (C=O) groups is 1. The van der Waals surface area contributed by atoms with E-state index in [9.17, 15) is 61.9 Å². The molecule has 0 unspecified atom stereocenters. The summed E-state index contributed by atoms with van der Waals surface area (Å²) >= 11 is 0. The Morgan fingerprint density at radius 3 is 1.67 bits per heavy atom. The number of alkyl halides is 13. The highest BCUT2D eigenvalue weighted by molar-refractivity contribution is 5.85. The number of hydrogen-bond donors (Lipinski definition) is 0. The second kappa shape index (κ2) is 7.02. The number of piperazine rings is 1. The molecule has 176 valence electrons. The zero-order valence-electron chi connectivity index (χ0n) is 14.5. The summed E-state index contributed by atoms with van der Waals surface area (Å²) in [6, 6.07) is -0.608. The van der Waals surface area contributed by atoms with Gasteiger partial charge in [0, 0.05) is 25.7 Å². The molecule has 0 aliphatic carbocycles. The molecule has 0 aromatic carbocycles. The van der Waals surface area contributed by atoms with Crippen LogP contribution in [0.3, 0.4) is 0 Å². The van der Waals surface area contributed by atoms with Crippen molar-refractivity contribution < 1.29 is 61.9 Å². The molecular formula is C14H13F13N2O. The average Bonchev–Trinajstić information content (AvgIpc) is 3.06. The van der Waals surface area contributed by atoms with Gasteiger partial charge in [-0.05, 0) is 19.4 Å². The van der Waals surface area contributed by atoms with Crippen LogP contribution in [0.1, 0.15) is 12.8 Å². The Balaban J connectivity index is 2.37. The van der Waals surface area contributed by atoms with Crippen LogP contribution >= 0.6 is 0 Å². The van der Waals surface area contributed by atoms with Gasteiger partial charge in [-0.1, -0.05) is 0 Å². The number of nitrogens with zero attached hydrogens (tertiary/aromatic N) is 2. The van der Waals surface area contributed by atoms with E-state index < -0.39 is 60.8 Å². The third-order valence-electron chi connectivity index (χ3n) is 5.08. The maximum atomic E-state index is 13.9. The Hall–Kier alpha value is -1.48. The number of hydrogen-bond acceptors (Lipinski definition) is 2. The van der Waals surface area contributed by atoms with E-state index in [-0.39, 0.29) is 11.4 Å². The van der Waals surface area contributed by atoms with Crippen molar-refractivity contribution in [1.82, 2.24) is 9.80 Å². The topological polar surface area (TPSA) is 23.6 Å². The number of rotatable bonds is 5. The van der Waals surface area contributed by atoms with E-state index in [0.717, 1.165) is 0 Å². The number of amides is 1. The zero-order chi connectivity index (χ0) is 23.6. The normalized spacial score (nSPS) is 23.0. The first-order chi connectivity index (χ1) is 13.2. The number of halogens is 13. The predicted molar refractivity (Wildman–Crippen MR) is 72.0 cm³/mol. The molecule has 0 bridgehead atoms.